The molecule has 0 aromatic carbocycles. The molecule has 1 aliphatic rings. The maximum absolute atomic E-state index is 4.66. The van der Waals surface area contributed by atoms with Crippen LogP contribution in [0.3, 0.4) is 0 Å². The van der Waals surface area contributed by atoms with E-state index in [1.807, 2.05) is 43.7 Å². The highest BCUT2D eigenvalue weighted by Crippen LogP contribution is 2.33. The van der Waals surface area contributed by atoms with Gasteiger partial charge in [0.25, 0.3) is 0 Å². The average Bonchev–Trinajstić information content (AvgIpc) is 3.46. The largest absolute Gasteiger partial charge is 0.376 e. The van der Waals surface area contributed by atoms with Gasteiger partial charge in [0, 0.05) is 74.4 Å². The summed E-state index contributed by atoms with van der Waals surface area (Å²) in [5.74, 6) is 0. The zero-order valence-corrected chi connectivity index (χ0v) is 20.8. The predicted molar refractivity (Wildman–Crippen MR) is 143 cm³/mol. The number of hydrogen-bond acceptors (Lipinski definition) is 6. The van der Waals surface area contributed by atoms with Gasteiger partial charge >= 0.3 is 0 Å². The average molecular weight is 469 g/mol. The third-order valence-corrected chi connectivity index (χ3v) is 6.65. The summed E-state index contributed by atoms with van der Waals surface area (Å²) in [7, 11) is 6.19. The van der Waals surface area contributed by atoms with Crippen molar-refractivity contribution in [3.8, 4) is 22.6 Å². The van der Waals surface area contributed by atoms with Gasteiger partial charge in [0.05, 0.1) is 35.0 Å². The van der Waals surface area contributed by atoms with Crippen LogP contribution in [-0.4, -0.2) is 82.3 Å². The quantitative estimate of drug-likeness (QED) is 0.414. The molecule has 0 atom stereocenters. The molecule has 35 heavy (non-hydrogen) atoms. The van der Waals surface area contributed by atoms with Crippen molar-refractivity contribution in [3.05, 3.63) is 66.8 Å². The molecule has 2 N–H and O–H groups in total. The van der Waals surface area contributed by atoms with Gasteiger partial charge in [-0.05, 0) is 38.2 Å². The molecule has 1 fully saturated rings. The first-order valence-corrected chi connectivity index (χ1v) is 11.9. The molecule has 0 radical (unpaired) electrons. The Morgan fingerprint density at radius 1 is 1.09 bits per heavy atom. The molecule has 8 nitrogen and oxygen atoms in total. The number of rotatable bonds is 6. The minimum Gasteiger partial charge on any atom is -0.376 e. The number of fused-ring (bicyclic) bond motifs is 1. The fourth-order valence-corrected chi connectivity index (χ4v) is 4.57. The van der Waals surface area contributed by atoms with E-state index in [2.05, 4.69) is 79.8 Å². The number of allylic oxidation sites excluding steroid dienone is 2. The molecule has 0 bridgehead atoms. The molecular formula is C27H32N8. The van der Waals surface area contributed by atoms with Gasteiger partial charge in [0.2, 0.25) is 0 Å². The molecule has 5 heterocycles. The number of nitrogens with one attached hydrogen (secondary N) is 2. The molecule has 4 aromatic rings. The van der Waals surface area contributed by atoms with Crippen LogP contribution in [-0.2, 0) is 0 Å². The number of aromatic amines is 2. The first-order valence-electron chi connectivity index (χ1n) is 11.9. The summed E-state index contributed by atoms with van der Waals surface area (Å²) in [6.45, 7) is 10.2. The van der Waals surface area contributed by atoms with E-state index in [0.717, 1.165) is 71.1 Å². The second-order valence-corrected chi connectivity index (χ2v) is 9.31. The van der Waals surface area contributed by atoms with Crippen LogP contribution in [0.25, 0.3) is 39.2 Å². The van der Waals surface area contributed by atoms with Crippen molar-refractivity contribution in [2.24, 2.45) is 0 Å². The van der Waals surface area contributed by atoms with Crippen molar-refractivity contribution in [2.75, 3.05) is 52.2 Å². The molecule has 5 rings (SSSR count). The molecule has 1 saturated heterocycles. The lowest BCUT2D eigenvalue weighted by atomic mass is 10.1. The zero-order chi connectivity index (χ0) is 24.5. The van der Waals surface area contributed by atoms with Crippen molar-refractivity contribution < 1.29 is 0 Å². The first kappa shape index (κ1) is 22.9. The third kappa shape index (κ3) is 4.44. The van der Waals surface area contributed by atoms with Crippen LogP contribution >= 0.6 is 0 Å². The summed E-state index contributed by atoms with van der Waals surface area (Å²) in [4.78, 5) is 19.5. The van der Waals surface area contributed by atoms with E-state index in [9.17, 15) is 0 Å². The Hall–Kier alpha value is -3.91. The monoisotopic (exact) mass is 468 g/mol. The van der Waals surface area contributed by atoms with E-state index < -0.39 is 0 Å². The van der Waals surface area contributed by atoms with Gasteiger partial charge < -0.3 is 19.7 Å². The van der Waals surface area contributed by atoms with Crippen molar-refractivity contribution >= 4 is 22.3 Å². The highest BCUT2D eigenvalue weighted by Gasteiger charge is 2.21. The van der Waals surface area contributed by atoms with Gasteiger partial charge in [0.1, 0.15) is 5.69 Å². The van der Waals surface area contributed by atoms with Gasteiger partial charge in [0.15, 0.2) is 0 Å². The maximum atomic E-state index is 4.66. The normalized spacial score (nSPS) is 15.1. The molecule has 0 spiro atoms. The lowest BCUT2D eigenvalue weighted by Crippen LogP contribution is -2.43. The van der Waals surface area contributed by atoms with Crippen LogP contribution in [0.5, 0.6) is 0 Å². The first-order chi connectivity index (χ1) is 16.9. The molecule has 180 valence electrons. The minimum absolute atomic E-state index is 0.865. The van der Waals surface area contributed by atoms with Crippen LogP contribution in [0, 0.1) is 6.92 Å². The Kier molecular flexibility index (Phi) is 6.13. The molecule has 0 unspecified atom stereocenters. The second kappa shape index (κ2) is 9.38. The summed E-state index contributed by atoms with van der Waals surface area (Å²) >= 11 is 0. The van der Waals surface area contributed by atoms with Gasteiger partial charge in [-0.25, -0.2) is 0 Å². The van der Waals surface area contributed by atoms with Crippen molar-refractivity contribution in [3.63, 3.8) is 0 Å². The Morgan fingerprint density at radius 3 is 2.63 bits per heavy atom. The van der Waals surface area contributed by atoms with E-state index in [0.29, 0.717) is 0 Å². The van der Waals surface area contributed by atoms with Gasteiger partial charge in [-0.15, -0.1) is 0 Å². The minimum atomic E-state index is 0.865. The summed E-state index contributed by atoms with van der Waals surface area (Å²) in [5.41, 5.74) is 9.11. The Bertz CT molecular complexity index is 1390. The topological polar surface area (TPSA) is 80.0 Å². The number of aryl methyl sites for hydroxylation is 1. The Labute approximate surface area is 206 Å². The number of piperazine rings is 1. The van der Waals surface area contributed by atoms with Gasteiger partial charge in [-0.3, -0.25) is 15.1 Å². The smallest absolute Gasteiger partial charge is 0.116 e. The SMILES string of the molecule is C=C/C=C(\c1cc(-c2n[nH]c3cnc(-c4cncc(N(C)C)c4)cc23)[nH]c1C)N1CCN(C)CC1. The van der Waals surface area contributed by atoms with Crippen LogP contribution in [0.15, 0.2) is 55.5 Å². The predicted octanol–water partition coefficient (Wildman–Crippen LogP) is 4.16. The number of aromatic nitrogens is 5. The molecule has 8 heteroatoms. The highest BCUT2D eigenvalue weighted by atomic mass is 15.3. The number of likely N-dealkylation sites (N-methyl/N-ethyl adjacent to an activating group) is 1. The highest BCUT2D eigenvalue weighted by molar-refractivity contribution is 5.94. The number of anilines is 1. The summed E-state index contributed by atoms with van der Waals surface area (Å²) in [5, 5.41) is 8.81. The van der Waals surface area contributed by atoms with Crippen LogP contribution < -0.4 is 4.90 Å². The maximum Gasteiger partial charge on any atom is 0.116 e. The van der Waals surface area contributed by atoms with E-state index in [4.69, 9.17) is 0 Å². The summed E-state index contributed by atoms with van der Waals surface area (Å²) in [6.07, 6.45) is 9.52. The Morgan fingerprint density at radius 2 is 1.89 bits per heavy atom. The van der Waals surface area contributed by atoms with Gasteiger partial charge in [-0.2, -0.15) is 5.10 Å². The van der Waals surface area contributed by atoms with E-state index in [1.165, 1.54) is 11.3 Å². The second-order valence-electron chi connectivity index (χ2n) is 9.31. The fraction of sp³-hybridized carbons (Fsp3) is 0.296. The standard InChI is InChI=1S/C27H32N8/c1-6-7-26(35-10-8-34(5)9-11-35)21-13-24(30-18(21)2)27-22-14-23(29-17-25(22)31-32-27)19-12-20(33(3)4)16-28-15-19/h6-7,12-17,30H,1,8-11H2,2-5H3,(H,31,32)/b26-7+. The van der Waals surface area contributed by atoms with Crippen molar-refractivity contribution in [1.29, 1.82) is 0 Å². The molecular weight excluding hydrogens is 436 g/mol. The molecule has 0 saturated carbocycles. The van der Waals surface area contributed by atoms with Crippen LogP contribution in [0.1, 0.15) is 11.3 Å². The van der Waals surface area contributed by atoms with Gasteiger partial charge in [-0.1, -0.05) is 12.7 Å². The Balaban J connectivity index is 1.53. The summed E-state index contributed by atoms with van der Waals surface area (Å²) in [6, 6.07) is 6.38. The van der Waals surface area contributed by atoms with Crippen molar-refractivity contribution in [1.82, 2.24) is 34.9 Å². The number of nitrogens with zero attached hydrogens (tertiary/aromatic N) is 6. The van der Waals surface area contributed by atoms with Crippen LogP contribution in [0.2, 0.25) is 0 Å². The number of H-pyrrole nitrogens is 2. The third-order valence-electron chi connectivity index (χ3n) is 6.65. The number of hydrogen-bond donors (Lipinski definition) is 2. The van der Waals surface area contributed by atoms with E-state index >= 15 is 0 Å². The van der Waals surface area contributed by atoms with E-state index in [-0.39, 0.29) is 0 Å². The molecule has 1 aliphatic heterocycles. The molecule has 0 amide bonds. The van der Waals surface area contributed by atoms with Crippen LogP contribution in [0.4, 0.5) is 5.69 Å². The van der Waals surface area contributed by atoms with Crippen molar-refractivity contribution in [2.45, 2.75) is 6.92 Å². The lowest BCUT2D eigenvalue weighted by Gasteiger charge is -2.35. The molecule has 4 aromatic heterocycles. The fourth-order valence-electron chi connectivity index (χ4n) is 4.57. The summed E-state index contributed by atoms with van der Waals surface area (Å²) < 4.78 is 0. The lowest BCUT2D eigenvalue weighted by molar-refractivity contribution is 0.207. The molecule has 0 aliphatic carbocycles. The number of pyridine rings is 2. The van der Waals surface area contributed by atoms with E-state index in [1.54, 1.807) is 0 Å². The zero-order valence-electron chi connectivity index (χ0n) is 20.8.